The molecule has 0 aliphatic carbocycles. The standard InChI is InChI=1S/C14H18N2O3.ClH/c1-18-12-7-9(8-15)6-11(14(12)17)13(16)10-2-4-19-5-3-10;/h6-7,10,13,17H,2-5,16H2,1H3;1H/t13-;/m0./s1. The highest BCUT2D eigenvalue weighted by Gasteiger charge is 2.26. The molecule has 0 unspecified atom stereocenters. The highest BCUT2D eigenvalue weighted by Crippen LogP contribution is 2.38. The molecule has 1 aliphatic rings. The van der Waals surface area contributed by atoms with Crippen molar-refractivity contribution in [3.05, 3.63) is 23.3 Å². The molecule has 20 heavy (non-hydrogen) atoms. The lowest BCUT2D eigenvalue weighted by Gasteiger charge is -2.28. The Labute approximate surface area is 124 Å². The second-order valence-electron chi connectivity index (χ2n) is 4.70. The van der Waals surface area contributed by atoms with Crippen molar-refractivity contribution in [2.45, 2.75) is 18.9 Å². The Kier molecular flexibility index (Phi) is 6.08. The minimum atomic E-state index is -0.314. The lowest BCUT2D eigenvalue weighted by Crippen LogP contribution is -2.27. The van der Waals surface area contributed by atoms with Gasteiger partial charge in [0.2, 0.25) is 0 Å². The number of nitrogens with two attached hydrogens (primary N) is 1. The van der Waals surface area contributed by atoms with E-state index in [0.29, 0.717) is 24.3 Å². The predicted molar refractivity (Wildman–Crippen MR) is 77.1 cm³/mol. The van der Waals surface area contributed by atoms with Crippen LogP contribution in [0.15, 0.2) is 12.1 Å². The normalized spacial score (nSPS) is 16.9. The molecule has 110 valence electrons. The third-order valence-electron chi connectivity index (χ3n) is 3.59. The summed E-state index contributed by atoms with van der Waals surface area (Å²) in [6.07, 6.45) is 1.72. The fraction of sp³-hybridized carbons (Fsp3) is 0.500. The van der Waals surface area contributed by atoms with Crippen LogP contribution < -0.4 is 10.5 Å². The molecule has 1 aromatic rings. The van der Waals surface area contributed by atoms with E-state index in [1.807, 2.05) is 0 Å². The fourth-order valence-electron chi connectivity index (χ4n) is 2.43. The van der Waals surface area contributed by atoms with E-state index < -0.39 is 0 Å². The minimum absolute atomic E-state index is 0. The van der Waals surface area contributed by atoms with Crippen LogP contribution in [0.4, 0.5) is 0 Å². The summed E-state index contributed by atoms with van der Waals surface area (Å²) in [7, 11) is 1.46. The number of nitrogens with zero attached hydrogens (tertiary/aromatic N) is 1. The summed E-state index contributed by atoms with van der Waals surface area (Å²) >= 11 is 0. The van der Waals surface area contributed by atoms with Gasteiger partial charge < -0.3 is 20.3 Å². The molecule has 0 saturated carbocycles. The Bertz CT molecular complexity index is 496. The first-order chi connectivity index (χ1) is 9.17. The number of benzene rings is 1. The molecule has 1 atom stereocenters. The van der Waals surface area contributed by atoms with E-state index in [9.17, 15) is 5.11 Å². The number of halogens is 1. The van der Waals surface area contributed by atoms with E-state index in [1.54, 1.807) is 6.07 Å². The monoisotopic (exact) mass is 298 g/mol. The number of aromatic hydroxyl groups is 1. The van der Waals surface area contributed by atoms with Gasteiger partial charge in [-0.15, -0.1) is 12.4 Å². The van der Waals surface area contributed by atoms with Crippen molar-refractivity contribution in [3.8, 4) is 17.6 Å². The van der Waals surface area contributed by atoms with Gasteiger partial charge in [0.1, 0.15) is 0 Å². The third-order valence-corrected chi connectivity index (χ3v) is 3.59. The van der Waals surface area contributed by atoms with Crippen LogP contribution in [0.1, 0.15) is 30.0 Å². The van der Waals surface area contributed by atoms with Crippen LogP contribution in [0.25, 0.3) is 0 Å². The number of ether oxygens (including phenoxy) is 2. The van der Waals surface area contributed by atoms with Crippen molar-refractivity contribution in [2.24, 2.45) is 11.7 Å². The van der Waals surface area contributed by atoms with Crippen LogP contribution in [0.2, 0.25) is 0 Å². The molecule has 0 spiro atoms. The second kappa shape index (κ2) is 7.34. The largest absolute Gasteiger partial charge is 0.504 e. The first-order valence-corrected chi connectivity index (χ1v) is 6.31. The van der Waals surface area contributed by atoms with Crippen molar-refractivity contribution >= 4 is 12.4 Å². The molecule has 1 fully saturated rings. The van der Waals surface area contributed by atoms with Gasteiger partial charge in [0.05, 0.1) is 18.7 Å². The number of hydrogen-bond donors (Lipinski definition) is 2. The van der Waals surface area contributed by atoms with Gasteiger partial charge in [0, 0.05) is 30.9 Å². The molecule has 0 radical (unpaired) electrons. The Hall–Kier alpha value is -1.48. The zero-order valence-electron chi connectivity index (χ0n) is 11.3. The van der Waals surface area contributed by atoms with Gasteiger partial charge in [-0.2, -0.15) is 5.26 Å². The second-order valence-corrected chi connectivity index (χ2v) is 4.70. The molecule has 3 N–H and O–H groups in total. The Morgan fingerprint density at radius 2 is 2.10 bits per heavy atom. The zero-order chi connectivity index (χ0) is 13.8. The quantitative estimate of drug-likeness (QED) is 0.892. The van der Waals surface area contributed by atoms with E-state index in [0.717, 1.165) is 12.8 Å². The van der Waals surface area contributed by atoms with Gasteiger partial charge in [-0.3, -0.25) is 0 Å². The molecular formula is C14H19ClN2O3. The highest BCUT2D eigenvalue weighted by molar-refractivity contribution is 5.85. The average molecular weight is 299 g/mol. The first kappa shape index (κ1) is 16.6. The molecule has 0 amide bonds. The summed E-state index contributed by atoms with van der Waals surface area (Å²) in [5.41, 5.74) is 7.25. The van der Waals surface area contributed by atoms with Gasteiger partial charge >= 0.3 is 0 Å². The lowest BCUT2D eigenvalue weighted by molar-refractivity contribution is 0.0581. The SMILES string of the molecule is COc1cc(C#N)cc([C@@H](N)C2CCOCC2)c1O.Cl. The van der Waals surface area contributed by atoms with Crippen molar-refractivity contribution < 1.29 is 14.6 Å². The zero-order valence-corrected chi connectivity index (χ0v) is 12.2. The van der Waals surface area contributed by atoms with E-state index in [-0.39, 0.29) is 35.9 Å². The van der Waals surface area contributed by atoms with Crippen molar-refractivity contribution in [3.63, 3.8) is 0 Å². The number of phenolic OH excluding ortho intramolecular Hbond substituents is 1. The van der Waals surface area contributed by atoms with E-state index >= 15 is 0 Å². The summed E-state index contributed by atoms with van der Waals surface area (Å²) in [5.74, 6) is 0.565. The van der Waals surface area contributed by atoms with Gasteiger partial charge in [0.15, 0.2) is 11.5 Å². The van der Waals surface area contributed by atoms with Crippen molar-refractivity contribution in [2.75, 3.05) is 20.3 Å². The first-order valence-electron chi connectivity index (χ1n) is 6.31. The van der Waals surface area contributed by atoms with Gasteiger partial charge in [-0.25, -0.2) is 0 Å². The molecule has 1 aromatic carbocycles. The maximum atomic E-state index is 10.2. The molecule has 0 bridgehead atoms. The average Bonchev–Trinajstić information content (AvgIpc) is 2.47. The summed E-state index contributed by atoms with van der Waals surface area (Å²) in [4.78, 5) is 0. The van der Waals surface area contributed by atoms with Crippen LogP contribution >= 0.6 is 12.4 Å². The number of hydrogen-bond acceptors (Lipinski definition) is 5. The van der Waals surface area contributed by atoms with Crippen molar-refractivity contribution in [1.29, 1.82) is 5.26 Å². The number of phenols is 1. The fourth-order valence-corrected chi connectivity index (χ4v) is 2.43. The molecule has 6 heteroatoms. The lowest BCUT2D eigenvalue weighted by atomic mass is 9.86. The van der Waals surface area contributed by atoms with E-state index in [2.05, 4.69) is 6.07 Å². The molecule has 0 aromatic heterocycles. The topological polar surface area (TPSA) is 88.5 Å². The molecule has 1 aliphatic heterocycles. The van der Waals surface area contributed by atoms with Gasteiger partial charge in [0.25, 0.3) is 0 Å². The van der Waals surface area contributed by atoms with Gasteiger partial charge in [-0.05, 0) is 24.8 Å². The van der Waals surface area contributed by atoms with Crippen LogP contribution in [0.5, 0.6) is 11.5 Å². The minimum Gasteiger partial charge on any atom is -0.504 e. The van der Waals surface area contributed by atoms with Crippen LogP contribution in [0.3, 0.4) is 0 Å². The number of methoxy groups -OCH3 is 1. The van der Waals surface area contributed by atoms with E-state index in [4.69, 9.17) is 20.5 Å². The molecule has 1 heterocycles. The van der Waals surface area contributed by atoms with Crippen LogP contribution in [-0.4, -0.2) is 25.4 Å². The molecule has 5 nitrogen and oxygen atoms in total. The highest BCUT2D eigenvalue weighted by atomic mass is 35.5. The summed E-state index contributed by atoms with van der Waals surface area (Å²) in [6, 6.07) is 4.89. The van der Waals surface area contributed by atoms with Crippen LogP contribution in [0, 0.1) is 17.2 Å². The summed E-state index contributed by atoms with van der Waals surface area (Å²) < 4.78 is 10.4. The maximum Gasteiger partial charge on any atom is 0.162 e. The third kappa shape index (κ3) is 3.34. The summed E-state index contributed by atoms with van der Waals surface area (Å²) in [6.45, 7) is 1.38. The number of rotatable bonds is 3. The number of nitriles is 1. The Morgan fingerprint density at radius 1 is 1.45 bits per heavy atom. The Morgan fingerprint density at radius 3 is 2.65 bits per heavy atom. The summed E-state index contributed by atoms with van der Waals surface area (Å²) in [5, 5.41) is 19.2. The van der Waals surface area contributed by atoms with Crippen LogP contribution in [-0.2, 0) is 4.74 Å². The maximum absolute atomic E-state index is 10.2. The Balaban J connectivity index is 0.00000200. The predicted octanol–water partition coefficient (Wildman–Crippen LogP) is 2.12. The molecule has 1 saturated heterocycles. The molecular weight excluding hydrogens is 280 g/mol. The van der Waals surface area contributed by atoms with E-state index in [1.165, 1.54) is 13.2 Å². The van der Waals surface area contributed by atoms with Crippen molar-refractivity contribution in [1.82, 2.24) is 0 Å². The van der Waals surface area contributed by atoms with Gasteiger partial charge in [-0.1, -0.05) is 0 Å². The molecule has 2 rings (SSSR count). The smallest absolute Gasteiger partial charge is 0.162 e.